The molecule has 4 heteroatoms. The molecule has 0 saturated carbocycles. The van der Waals surface area contributed by atoms with Gasteiger partial charge >= 0.3 is 29.6 Å². The van der Waals surface area contributed by atoms with Crippen molar-refractivity contribution in [3.8, 4) is 11.6 Å². The second kappa shape index (κ2) is 4.64. The molecule has 14 heavy (non-hydrogen) atoms. The molecule has 1 aromatic heterocycles. The first kappa shape index (κ1) is 11.3. The van der Waals surface area contributed by atoms with Crippen molar-refractivity contribution >= 4 is 0 Å². The quantitative estimate of drug-likeness (QED) is 0.508. The zero-order chi connectivity index (χ0) is 9.26. The number of hydrogen-bond donors (Lipinski definition) is 0. The number of nitrogens with zero attached hydrogens (tertiary/aromatic N) is 2. The van der Waals surface area contributed by atoms with Gasteiger partial charge < -0.3 is 5.11 Å². The Bertz CT molecular complexity index is 411. The Morgan fingerprint density at radius 1 is 1.21 bits per heavy atom. The van der Waals surface area contributed by atoms with Crippen LogP contribution >= 0.6 is 0 Å². The fourth-order valence-corrected chi connectivity index (χ4v) is 1.23. The summed E-state index contributed by atoms with van der Waals surface area (Å²) >= 11 is 0. The van der Waals surface area contributed by atoms with Crippen LogP contribution in [0.4, 0.5) is 0 Å². The molecule has 0 fully saturated rings. The first-order chi connectivity index (χ1) is 6.27. The van der Waals surface area contributed by atoms with E-state index in [0.717, 1.165) is 11.4 Å². The SMILES string of the molecule is Cc1cc([O-])n(-c2ccccc2)n1.[Na+]. The van der Waals surface area contributed by atoms with Crippen molar-refractivity contribution < 1.29 is 34.7 Å². The molecule has 0 aliphatic carbocycles. The fraction of sp³-hybridized carbons (Fsp3) is 0.100. The van der Waals surface area contributed by atoms with Crippen molar-refractivity contribution in [1.82, 2.24) is 9.78 Å². The van der Waals surface area contributed by atoms with Gasteiger partial charge in [-0.2, -0.15) is 5.10 Å². The normalized spacial score (nSPS) is 9.50. The molecule has 0 aliphatic rings. The van der Waals surface area contributed by atoms with Gasteiger partial charge in [0.2, 0.25) is 0 Å². The minimum atomic E-state index is -0.0799. The summed E-state index contributed by atoms with van der Waals surface area (Å²) < 4.78 is 1.40. The molecule has 0 radical (unpaired) electrons. The average molecular weight is 196 g/mol. The topological polar surface area (TPSA) is 40.9 Å². The predicted octanol–water partition coefficient (Wildman–Crippen LogP) is -1.74. The van der Waals surface area contributed by atoms with Gasteiger partial charge in [-0.25, -0.2) is 4.68 Å². The van der Waals surface area contributed by atoms with E-state index in [4.69, 9.17) is 0 Å². The molecule has 0 spiro atoms. The van der Waals surface area contributed by atoms with Crippen molar-refractivity contribution in [2.75, 3.05) is 0 Å². The van der Waals surface area contributed by atoms with E-state index in [-0.39, 0.29) is 35.4 Å². The summed E-state index contributed by atoms with van der Waals surface area (Å²) in [4.78, 5) is 0. The van der Waals surface area contributed by atoms with Gasteiger partial charge in [0.05, 0.1) is 11.4 Å². The Morgan fingerprint density at radius 3 is 2.36 bits per heavy atom. The van der Waals surface area contributed by atoms with Crippen LogP contribution < -0.4 is 34.7 Å². The third kappa shape index (κ3) is 2.18. The van der Waals surface area contributed by atoms with Gasteiger partial charge in [-0.3, -0.25) is 0 Å². The Hall–Kier alpha value is -0.770. The monoisotopic (exact) mass is 196 g/mol. The molecule has 0 saturated heterocycles. The predicted molar refractivity (Wildman–Crippen MR) is 47.7 cm³/mol. The van der Waals surface area contributed by atoms with Gasteiger partial charge in [-0.1, -0.05) is 18.2 Å². The molecule has 2 aromatic rings. The second-order valence-corrected chi connectivity index (χ2v) is 2.87. The Morgan fingerprint density at radius 2 is 1.86 bits per heavy atom. The third-order valence-electron chi connectivity index (χ3n) is 1.80. The van der Waals surface area contributed by atoms with Crippen LogP contribution in [0.5, 0.6) is 5.88 Å². The number of hydrogen-bond acceptors (Lipinski definition) is 2. The number of aromatic nitrogens is 2. The van der Waals surface area contributed by atoms with Crippen molar-refractivity contribution in [1.29, 1.82) is 0 Å². The first-order valence-corrected chi connectivity index (χ1v) is 4.06. The van der Waals surface area contributed by atoms with E-state index < -0.39 is 0 Å². The molecule has 0 N–H and O–H groups in total. The standard InChI is InChI=1S/C10H10N2O.Na/c1-8-7-10(13)12(11-8)9-5-3-2-4-6-9;/h2-7,13H,1H3;/q;+1/p-1. The average Bonchev–Trinajstić information content (AvgIpc) is 2.47. The van der Waals surface area contributed by atoms with E-state index in [0.29, 0.717) is 0 Å². The van der Waals surface area contributed by atoms with E-state index in [1.165, 1.54) is 10.7 Å². The molecule has 0 unspecified atom stereocenters. The van der Waals surface area contributed by atoms with Crippen LogP contribution in [-0.2, 0) is 0 Å². The molecular weight excluding hydrogens is 187 g/mol. The summed E-state index contributed by atoms with van der Waals surface area (Å²) in [6.07, 6.45) is 0. The van der Waals surface area contributed by atoms with Crippen molar-refractivity contribution in [3.63, 3.8) is 0 Å². The number of aryl methyl sites for hydroxylation is 1. The van der Waals surface area contributed by atoms with Gasteiger partial charge in [0.1, 0.15) is 0 Å². The zero-order valence-electron chi connectivity index (χ0n) is 8.27. The number of rotatable bonds is 1. The molecule has 1 heterocycles. The molecule has 0 amide bonds. The van der Waals surface area contributed by atoms with Crippen LogP contribution in [0.3, 0.4) is 0 Å². The zero-order valence-corrected chi connectivity index (χ0v) is 10.3. The molecule has 1 aromatic carbocycles. The van der Waals surface area contributed by atoms with E-state index >= 15 is 0 Å². The van der Waals surface area contributed by atoms with Crippen LogP contribution in [0.2, 0.25) is 0 Å². The van der Waals surface area contributed by atoms with E-state index in [1.54, 1.807) is 6.92 Å². The van der Waals surface area contributed by atoms with Crippen molar-refractivity contribution in [3.05, 3.63) is 42.1 Å². The van der Waals surface area contributed by atoms with E-state index in [1.807, 2.05) is 30.3 Å². The minimum absolute atomic E-state index is 0. The summed E-state index contributed by atoms with van der Waals surface area (Å²) in [6, 6.07) is 10.9. The van der Waals surface area contributed by atoms with Crippen LogP contribution in [0, 0.1) is 6.92 Å². The van der Waals surface area contributed by atoms with Crippen LogP contribution in [0.1, 0.15) is 5.69 Å². The van der Waals surface area contributed by atoms with Gasteiger partial charge in [0.25, 0.3) is 0 Å². The van der Waals surface area contributed by atoms with E-state index in [9.17, 15) is 5.11 Å². The maximum absolute atomic E-state index is 11.3. The minimum Gasteiger partial charge on any atom is -0.859 e. The molecule has 3 nitrogen and oxygen atoms in total. The Balaban J connectivity index is 0.000000980. The van der Waals surface area contributed by atoms with Crippen LogP contribution in [0.15, 0.2) is 36.4 Å². The second-order valence-electron chi connectivity index (χ2n) is 2.87. The summed E-state index contributed by atoms with van der Waals surface area (Å²) in [5.74, 6) is -0.0799. The van der Waals surface area contributed by atoms with Gasteiger partial charge in [-0.15, -0.1) is 0 Å². The largest absolute Gasteiger partial charge is 1.00 e. The molecule has 0 bridgehead atoms. The van der Waals surface area contributed by atoms with Crippen LogP contribution in [0.25, 0.3) is 5.69 Å². The molecular formula is C10H9N2NaO. The van der Waals surface area contributed by atoms with Crippen LogP contribution in [-0.4, -0.2) is 9.78 Å². The van der Waals surface area contributed by atoms with Crippen molar-refractivity contribution in [2.45, 2.75) is 6.92 Å². The maximum Gasteiger partial charge on any atom is 1.00 e. The third-order valence-corrected chi connectivity index (χ3v) is 1.80. The summed E-state index contributed by atoms with van der Waals surface area (Å²) in [7, 11) is 0. The molecule has 0 aliphatic heterocycles. The maximum atomic E-state index is 11.3. The number of para-hydroxylation sites is 1. The summed E-state index contributed by atoms with van der Waals surface area (Å²) in [5, 5.41) is 15.4. The van der Waals surface area contributed by atoms with Gasteiger partial charge in [-0.05, 0) is 31.0 Å². The summed E-state index contributed by atoms with van der Waals surface area (Å²) in [6.45, 7) is 1.81. The van der Waals surface area contributed by atoms with Gasteiger partial charge in [0, 0.05) is 0 Å². The Labute approximate surface area is 105 Å². The Kier molecular flexibility index (Phi) is 3.75. The molecule has 0 atom stereocenters. The summed E-state index contributed by atoms with van der Waals surface area (Å²) in [5.41, 5.74) is 1.55. The smallest absolute Gasteiger partial charge is 0.859 e. The van der Waals surface area contributed by atoms with E-state index in [2.05, 4.69) is 5.10 Å². The van der Waals surface area contributed by atoms with Gasteiger partial charge in [0.15, 0.2) is 0 Å². The number of benzene rings is 1. The fourth-order valence-electron chi connectivity index (χ4n) is 1.23. The molecule has 2 rings (SSSR count). The molecule has 66 valence electrons. The first-order valence-electron chi connectivity index (χ1n) is 4.06. The van der Waals surface area contributed by atoms with Crippen molar-refractivity contribution in [2.24, 2.45) is 0 Å².